The fourth-order valence-corrected chi connectivity index (χ4v) is 3.98. The molecule has 2 rings (SSSR count). The van der Waals surface area contributed by atoms with Crippen molar-refractivity contribution in [2.75, 3.05) is 32.8 Å². The number of carbonyl (C=O) groups excluding carboxylic acids is 1. The molecule has 0 saturated carbocycles. The maximum atomic E-state index is 12.6. The van der Waals surface area contributed by atoms with Gasteiger partial charge in [-0.3, -0.25) is 4.79 Å². The predicted molar refractivity (Wildman–Crippen MR) is 134 cm³/mol. The van der Waals surface area contributed by atoms with Crippen LogP contribution in [0.5, 0.6) is 5.75 Å². The topological polar surface area (TPSA) is 67.6 Å². The molecule has 0 aliphatic carbocycles. The summed E-state index contributed by atoms with van der Waals surface area (Å²) in [6.45, 7) is 11.3. The largest absolute Gasteiger partial charge is 1.00 e. The van der Waals surface area contributed by atoms with E-state index in [1.807, 2.05) is 66.8 Å². The van der Waals surface area contributed by atoms with Crippen LogP contribution in [0.4, 0.5) is 0 Å². The summed E-state index contributed by atoms with van der Waals surface area (Å²) < 4.78 is 5.95. The zero-order valence-corrected chi connectivity index (χ0v) is 23.0. The molecule has 0 spiro atoms. The second-order valence-corrected chi connectivity index (χ2v) is 8.99. The third-order valence-corrected chi connectivity index (χ3v) is 6.22. The van der Waals surface area contributed by atoms with Crippen molar-refractivity contribution in [2.24, 2.45) is 0 Å². The molecule has 198 valence electrons. The van der Waals surface area contributed by atoms with Crippen molar-refractivity contribution in [1.82, 2.24) is 0 Å². The lowest BCUT2D eigenvalue weighted by Crippen LogP contribution is -3.12. The minimum atomic E-state index is -0.542. The van der Waals surface area contributed by atoms with Gasteiger partial charge in [0.15, 0.2) is 5.78 Å². The number of Topliss-reactive ketones (excluding diaryl/α,β-unsaturated/α-hetero) is 1. The molecule has 0 heterocycles. The number of unbranched alkanes of at least 4 members (excludes halogenated alkanes) is 2. The first kappa shape index (κ1) is 33.4. The van der Waals surface area contributed by atoms with E-state index in [4.69, 9.17) is 4.74 Å². The number of carbonyl (C=O) groups is 1. The van der Waals surface area contributed by atoms with E-state index in [9.17, 15) is 9.90 Å². The van der Waals surface area contributed by atoms with E-state index in [-0.39, 0.29) is 36.6 Å². The molecule has 0 aliphatic heterocycles. The molecule has 5 nitrogen and oxygen atoms in total. The molecule has 2 aromatic rings. The lowest BCUT2D eigenvalue weighted by atomic mass is 10.0. The Bertz CT molecular complexity index is 783. The monoisotopic (exact) mass is 526 g/mol. The highest BCUT2D eigenvalue weighted by Crippen LogP contribution is 2.14. The number of ether oxygens (including phenoxy) is 1. The van der Waals surface area contributed by atoms with Crippen molar-refractivity contribution in [3.63, 3.8) is 0 Å². The first-order valence-corrected chi connectivity index (χ1v) is 12.7. The van der Waals surface area contributed by atoms with Crippen LogP contribution in [-0.2, 0) is 0 Å². The average molecular weight is 528 g/mol. The summed E-state index contributed by atoms with van der Waals surface area (Å²) in [5, 5.41) is 12.5. The Morgan fingerprint density at radius 2 is 1.54 bits per heavy atom. The van der Waals surface area contributed by atoms with Crippen molar-refractivity contribution in [2.45, 2.75) is 65.0 Å². The van der Waals surface area contributed by atoms with Gasteiger partial charge in [0.1, 0.15) is 31.0 Å². The molecule has 0 fully saturated rings. The number of nitrogens with two attached hydrogens (primary N) is 1. The fourth-order valence-electron chi connectivity index (χ4n) is 3.98. The van der Waals surface area contributed by atoms with Crippen LogP contribution in [0.2, 0.25) is 0 Å². The van der Waals surface area contributed by atoms with E-state index in [0.29, 0.717) is 25.1 Å². The Balaban J connectivity index is 0.00000578. The molecule has 7 heteroatoms. The molecule has 35 heavy (non-hydrogen) atoms. The van der Waals surface area contributed by atoms with Crippen LogP contribution in [0.15, 0.2) is 54.6 Å². The zero-order chi connectivity index (χ0) is 23.9. The number of aliphatic hydroxyl groups excluding tert-OH is 1. The van der Waals surface area contributed by atoms with E-state index in [2.05, 4.69) is 13.8 Å². The molecule has 4 N–H and O–H groups in total. The molecule has 0 amide bonds. The lowest BCUT2D eigenvalue weighted by Gasteiger charge is -2.19. The normalized spacial score (nSPS) is 12.4. The molecule has 2 atom stereocenters. The van der Waals surface area contributed by atoms with Crippen molar-refractivity contribution >= 4 is 5.78 Å². The molecule has 2 aromatic carbocycles. The Morgan fingerprint density at radius 3 is 2.11 bits per heavy atom. The van der Waals surface area contributed by atoms with E-state index in [0.717, 1.165) is 17.9 Å². The van der Waals surface area contributed by atoms with Gasteiger partial charge in [-0.1, -0.05) is 57.0 Å². The van der Waals surface area contributed by atoms with E-state index < -0.39 is 6.10 Å². The van der Waals surface area contributed by atoms with Gasteiger partial charge in [-0.15, -0.1) is 0 Å². The number of quaternary nitrogens is 2. The fraction of sp³-hybridized carbons (Fsp3) is 0.536. The van der Waals surface area contributed by atoms with Gasteiger partial charge in [-0.25, -0.2) is 0 Å². The van der Waals surface area contributed by atoms with Gasteiger partial charge in [0, 0.05) is 5.56 Å². The highest BCUT2D eigenvalue weighted by atomic mass is 35.5. The van der Waals surface area contributed by atoms with Gasteiger partial charge >= 0.3 is 0 Å². The van der Waals surface area contributed by atoms with Crippen molar-refractivity contribution < 1.29 is 49.7 Å². The van der Waals surface area contributed by atoms with Crippen LogP contribution < -0.4 is 39.8 Å². The minimum Gasteiger partial charge on any atom is -1.00 e. The molecule has 2 unspecified atom stereocenters. The first-order chi connectivity index (χ1) is 16.0. The second-order valence-electron chi connectivity index (χ2n) is 8.99. The van der Waals surface area contributed by atoms with Crippen LogP contribution in [0.1, 0.15) is 74.9 Å². The van der Waals surface area contributed by atoms with Crippen molar-refractivity contribution in [1.29, 1.82) is 0 Å². The van der Waals surface area contributed by atoms with Gasteiger partial charge in [0.05, 0.1) is 26.1 Å². The number of nitrogens with one attached hydrogen (secondary N) is 1. The summed E-state index contributed by atoms with van der Waals surface area (Å²) >= 11 is 0. The molecule has 0 aliphatic rings. The van der Waals surface area contributed by atoms with Crippen LogP contribution in [0, 0.1) is 0 Å². The number of benzene rings is 2. The summed E-state index contributed by atoms with van der Waals surface area (Å²) in [5.41, 5.74) is 1.62. The van der Waals surface area contributed by atoms with Gasteiger partial charge < -0.3 is 44.9 Å². The average Bonchev–Trinajstić information content (AvgIpc) is 2.85. The van der Waals surface area contributed by atoms with Crippen LogP contribution >= 0.6 is 0 Å². The van der Waals surface area contributed by atoms with E-state index in [1.165, 1.54) is 38.8 Å². The quantitative estimate of drug-likeness (QED) is 0.190. The summed E-state index contributed by atoms with van der Waals surface area (Å²) in [4.78, 5) is 14.2. The summed E-state index contributed by atoms with van der Waals surface area (Å²) in [6.07, 6.45) is 4.89. The SMILES string of the molecule is CCCC[NH+](CCCC)CCOc1ccc(C(=O)CC[NH2+]C(C)C(O)c2ccccc2)cc1.[Cl-].[Cl-]. The third-order valence-electron chi connectivity index (χ3n) is 6.22. The highest BCUT2D eigenvalue weighted by molar-refractivity contribution is 5.96. The summed E-state index contributed by atoms with van der Waals surface area (Å²) in [6, 6.07) is 17.2. The molecular weight excluding hydrogens is 483 g/mol. The molecular formula is C28H44Cl2N2O3. The van der Waals surface area contributed by atoms with Crippen LogP contribution in [0.3, 0.4) is 0 Å². The smallest absolute Gasteiger partial charge is 0.168 e. The third kappa shape index (κ3) is 12.8. The highest BCUT2D eigenvalue weighted by Gasteiger charge is 2.19. The second kappa shape index (κ2) is 19.5. The summed E-state index contributed by atoms with van der Waals surface area (Å²) in [7, 11) is 0. The Morgan fingerprint density at radius 1 is 0.943 bits per heavy atom. The number of halogens is 2. The van der Waals surface area contributed by atoms with Gasteiger partial charge in [0.25, 0.3) is 0 Å². The Hall–Kier alpha value is -1.63. The standard InChI is InChI=1S/C28H42N2O3.2ClH/c1-4-6-19-30(20-7-5-2)21-22-33-26-15-13-24(14-16-26)27(31)17-18-29-23(3)28(32)25-11-9-8-10-12-25;;/h8-16,23,28-29,32H,4-7,17-22H2,1-3H3;2*1H. The minimum absolute atomic E-state index is 0. The number of rotatable bonds is 17. The van der Waals surface area contributed by atoms with Crippen molar-refractivity contribution in [3.05, 3.63) is 65.7 Å². The van der Waals surface area contributed by atoms with Crippen molar-refractivity contribution in [3.8, 4) is 5.75 Å². The number of hydrogen-bond acceptors (Lipinski definition) is 3. The Labute approximate surface area is 224 Å². The molecule has 0 radical (unpaired) electrons. The van der Waals surface area contributed by atoms with Gasteiger partial charge in [-0.2, -0.15) is 0 Å². The maximum absolute atomic E-state index is 12.6. The number of aliphatic hydroxyl groups is 1. The zero-order valence-electron chi connectivity index (χ0n) is 21.5. The van der Waals surface area contributed by atoms with Gasteiger partial charge in [0.2, 0.25) is 0 Å². The van der Waals surface area contributed by atoms with Crippen LogP contribution in [0.25, 0.3) is 0 Å². The number of hydrogen-bond donors (Lipinski definition) is 3. The van der Waals surface area contributed by atoms with Gasteiger partial charge in [-0.05, 0) is 49.6 Å². The predicted octanol–water partition coefficient (Wildman–Crippen LogP) is -3.18. The molecule has 0 saturated heterocycles. The first-order valence-electron chi connectivity index (χ1n) is 12.7. The number of ketones is 1. The molecule has 0 aromatic heterocycles. The van der Waals surface area contributed by atoms with Crippen LogP contribution in [-0.4, -0.2) is 49.7 Å². The summed E-state index contributed by atoms with van der Waals surface area (Å²) in [5.74, 6) is 0.942. The lowest BCUT2D eigenvalue weighted by molar-refractivity contribution is -0.900. The molecule has 0 bridgehead atoms. The Kier molecular flexibility index (Phi) is 18.6. The van der Waals surface area contributed by atoms with E-state index >= 15 is 0 Å². The van der Waals surface area contributed by atoms with E-state index in [1.54, 1.807) is 4.90 Å². The maximum Gasteiger partial charge on any atom is 0.168 e.